The van der Waals surface area contributed by atoms with Crippen molar-refractivity contribution in [1.29, 1.82) is 0 Å². The van der Waals surface area contributed by atoms with Crippen LogP contribution in [0, 0.1) is 11.8 Å². The monoisotopic (exact) mass is 609 g/mol. The van der Waals surface area contributed by atoms with Crippen molar-refractivity contribution < 1.29 is 19.5 Å². The number of hydrogen-bond donors (Lipinski definition) is 1. The molecule has 1 aliphatic carbocycles. The molecule has 4 rings (SSSR count). The minimum atomic E-state index is -0.632. The summed E-state index contributed by atoms with van der Waals surface area (Å²) in [4.78, 5) is 48.5. The van der Waals surface area contributed by atoms with Gasteiger partial charge in [-0.1, -0.05) is 54.3 Å². The van der Waals surface area contributed by atoms with Crippen LogP contribution < -0.4 is 0 Å². The van der Waals surface area contributed by atoms with Gasteiger partial charge in [0.2, 0.25) is 17.7 Å². The van der Waals surface area contributed by atoms with Gasteiger partial charge in [-0.3, -0.25) is 14.4 Å². The molecule has 9 heteroatoms. The summed E-state index contributed by atoms with van der Waals surface area (Å²) in [5, 5.41) is 9.38. The van der Waals surface area contributed by atoms with Crippen molar-refractivity contribution in [3.63, 3.8) is 0 Å². The third-order valence-corrected chi connectivity index (χ3v) is 12.1. The van der Waals surface area contributed by atoms with Crippen molar-refractivity contribution in [3.05, 3.63) is 25.3 Å². The van der Waals surface area contributed by atoms with Crippen LogP contribution in [0.15, 0.2) is 25.3 Å². The average Bonchev–Trinajstić information content (AvgIpc) is 3.50. The Morgan fingerprint density at radius 1 is 1.16 bits per heavy atom. The zero-order valence-electron chi connectivity index (χ0n) is 22.7. The Labute approximate surface area is 240 Å². The molecule has 7 nitrogen and oxygen atoms in total. The molecule has 3 aliphatic heterocycles. The van der Waals surface area contributed by atoms with Gasteiger partial charge in [0.15, 0.2) is 0 Å². The Hall–Kier alpha value is -1.32. The zero-order chi connectivity index (χ0) is 27.4. The number of amides is 3. The maximum Gasteiger partial charge on any atom is 0.247 e. The summed E-state index contributed by atoms with van der Waals surface area (Å²) in [6, 6.07) is -0.444. The lowest BCUT2D eigenvalue weighted by atomic mass is 9.70. The van der Waals surface area contributed by atoms with E-state index < -0.39 is 22.6 Å². The highest BCUT2D eigenvalue weighted by Crippen LogP contribution is 2.68. The highest BCUT2D eigenvalue weighted by atomic mass is 79.9. The molecule has 3 heterocycles. The first-order chi connectivity index (χ1) is 18.4. The molecule has 0 aromatic heterocycles. The maximum atomic E-state index is 14.6. The van der Waals surface area contributed by atoms with Crippen molar-refractivity contribution in [1.82, 2.24) is 14.7 Å². The second-order valence-corrected chi connectivity index (χ2v) is 14.0. The van der Waals surface area contributed by atoms with Crippen molar-refractivity contribution in [2.75, 3.05) is 32.8 Å². The lowest BCUT2D eigenvalue weighted by Gasteiger charge is -2.41. The molecule has 3 amide bonds. The van der Waals surface area contributed by atoms with E-state index in [1.165, 1.54) is 6.42 Å². The quantitative estimate of drug-likeness (QED) is 0.194. The predicted molar refractivity (Wildman–Crippen MR) is 156 cm³/mol. The maximum absolute atomic E-state index is 14.6. The first-order valence-corrected chi connectivity index (χ1v) is 16.2. The molecule has 3 saturated heterocycles. The fourth-order valence-corrected chi connectivity index (χ4v) is 11.0. The Morgan fingerprint density at radius 2 is 1.87 bits per heavy atom. The van der Waals surface area contributed by atoms with E-state index in [2.05, 4.69) is 29.1 Å². The van der Waals surface area contributed by atoms with E-state index >= 15 is 0 Å². The van der Waals surface area contributed by atoms with Crippen LogP contribution in [0.1, 0.15) is 64.7 Å². The SMILES string of the molecule is C=CCN(CCC)C(=O)[C@H]1[C@@H]2SC3(CC2Br)C(C(=O)N(CC=C)C2CCCCC2)N(CCCCO)C(=O)[C@H]13. The van der Waals surface area contributed by atoms with Crippen molar-refractivity contribution >= 4 is 45.4 Å². The molecule has 4 fully saturated rings. The molecule has 38 heavy (non-hydrogen) atoms. The number of hydrogen-bond acceptors (Lipinski definition) is 5. The van der Waals surface area contributed by atoms with E-state index in [1.807, 2.05) is 16.7 Å². The first kappa shape index (κ1) is 29.7. The topological polar surface area (TPSA) is 81.2 Å². The van der Waals surface area contributed by atoms with Crippen LogP contribution in [0.3, 0.4) is 0 Å². The van der Waals surface area contributed by atoms with Gasteiger partial charge < -0.3 is 19.8 Å². The van der Waals surface area contributed by atoms with Gasteiger partial charge in [0, 0.05) is 48.9 Å². The number of rotatable bonds is 13. The zero-order valence-corrected chi connectivity index (χ0v) is 25.1. The Balaban J connectivity index is 1.73. The molecule has 0 aromatic carbocycles. The molecule has 0 radical (unpaired) electrons. The van der Waals surface area contributed by atoms with Crippen LogP contribution in [-0.2, 0) is 14.4 Å². The number of likely N-dealkylation sites (tertiary alicyclic amines) is 1. The lowest BCUT2D eigenvalue weighted by molar-refractivity contribution is -0.145. The molecule has 3 unspecified atom stereocenters. The summed E-state index contributed by atoms with van der Waals surface area (Å²) in [5.41, 5.74) is 0. The second-order valence-electron chi connectivity index (χ2n) is 11.3. The number of aliphatic hydroxyl groups is 1. The number of nitrogens with zero attached hydrogens (tertiary/aromatic N) is 3. The number of halogens is 1. The predicted octanol–water partition coefficient (Wildman–Crippen LogP) is 4.00. The number of fused-ring (bicyclic) bond motifs is 1. The standard InChI is InChI=1S/C29H44BrN3O4S/c1-4-14-31(15-5-2)26(35)22-23-27(36)33(17-10-11-18-34)25(29(23)19-21(30)24(22)38-29)28(37)32(16-6-3)20-12-8-7-9-13-20/h4,6,20-25,34H,1,3,5,7-19H2,2H3/t21?,22-,23+,24-,25?,29?/m1/s1. The molecular weight excluding hydrogens is 566 g/mol. The molecule has 0 aromatic rings. The number of carbonyl (C=O) groups is 3. The Morgan fingerprint density at radius 3 is 2.50 bits per heavy atom. The summed E-state index contributed by atoms with van der Waals surface area (Å²) < 4.78 is -0.632. The number of carbonyl (C=O) groups excluding carboxylic acids is 3. The lowest BCUT2D eigenvalue weighted by Crippen LogP contribution is -2.57. The molecule has 4 aliphatic rings. The molecule has 1 N–H and O–H groups in total. The first-order valence-electron chi connectivity index (χ1n) is 14.4. The molecule has 1 spiro atoms. The van der Waals surface area contributed by atoms with Gasteiger partial charge in [-0.15, -0.1) is 24.9 Å². The summed E-state index contributed by atoms with van der Waals surface area (Å²) in [6.07, 6.45) is 11.6. The smallest absolute Gasteiger partial charge is 0.247 e. The fourth-order valence-electron chi connectivity index (χ4n) is 7.36. The Kier molecular flexibility index (Phi) is 10.1. The van der Waals surface area contributed by atoms with Crippen molar-refractivity contribution in [2.45, 2.75) is 91.6 Å². The highest BCUT2D eigenvalue weighted by molar-refractivity contribution is 9.09. The van der Waals surface area contributed by atoms with Crippen LogP contribution in [-0.4, -0.2) is 97.2 Å². The third-order valence-electron chi connectivity index (χ3n) is 8.89. The van der Waals surface area contributed by atoms with E-state index in [4.69, 9.17) is 0 Å². The van der Waals surface area contributed by atoms with Crippen LogP contribution in [0.2, 0.25) is 0 Å². The van der Waals surface area contributed by atoms with E-state index in [1.54, 1.807) is 28.8 Å². The third kappa shape index (κ3) is 5.24. The largest absolute Gasteiger partial charge is 0.396 e. The molecular formula is C29H44BrN3O4S. The Bertz CT molecular complexity index is 912. The van der Waals surface area contributed by atoms with Gasteiger partial charge in [-0.05, 0) is 38.5 Å². The van der Waals surface area contributed by atoms with Crippen LogP contribution in [0.4, 0.5) is 0 Å². The summed E-state index contributed by atoms with van der Waals surface area (Å²) in [7, 11) is 0. The van der Waals surface area contributed by atoms with E-state index in [-0.39, 0.29) is 40.4 Å². The summed E-state index contributed by atoms with van der Waals surface area (Å²) in [5.74, 6) is -1.02. The normalized spacial score (nSPS) is 32.3. The minimum absolute atomic E-state index is 0.00672. The van der Waals surface area contributed by atoms with Crippen LogP contribution in [0.5, 0.6) is 0 Å². The van der Waals surface area contributed by atoms with Gasteiger partial charge in [0.1, 0.15) is 6.04 Å². The van der Waals surface area contributed by atoms with Crippen LogP contribution in [0.25, 0.3) is 0 Å². The molecule has 6 atom stereocenters. The van der Waals surface area contributed by atoms with Gasteiger partial charge in [0.05, 0.1) is 16.6 Å². The highest BCUT2D eigenvalue weighted by Gasteiger charge is 2.76. The van der Waals surface area contributed by atoms with Crippen molar-refractivity contribution in [3.8, 4) is 0 Å². The van der Waals surface area contributed by atoms with E-state index in [0.717, 1.165) is 32.1 Å². The van der Waals surface area contributed by atoms with Crippen molar-refractivity contribution in [2.24, 2.45) is 11.8 Å². The average molecular weight is 611 g/mol. The molecule has 2 bridgehead atoms. The molecule has 1 saturated carbocycles. The van der Waals surface area contributed by atoms with Crippen LogP contribution >= 0.6 is 27.7 Å². The number of alkyl halides is 1. The minimum Gasteiger partial charge on any atom is -0.396 e. The second kappa shape index (κ2) is 12.9. The number of aliphatic hydroxyl groups excluding tert-OH is 1. The van der Waals surface area contributed by atoms with Gasteiger partial charge in [-0.2, -0.15) is 0 Å². The molecule has 212 valence electrons. The van der Waals surface area contributed by atoms with Gasteiger partial charge in [0.25, 0.3) is 0 Å². The van der Waals surface area contributed by atoms with Gasteiger partial charge >= 0.3 is 0 Å². The summed E-state index contributed by atoms with van der Waals surface area (Å²) >= 11 is 5.58. The van der Waals surface area contributed by atoms with E-state index in [9.17, 15) is 19.5 Å². The van der Waals surface area contributed by atoms with E-state index in [0.29, 0.717) is 45.4 Å². The number of thioether (sulfide) groups is 1. The number of unbranched alkanes of at least 4 members (excludes halogenated alkanes) is 1. The fraction of sp³-hybridized carbons (Fsp3) is 0.759. The summed E-state index contributed by atoms with van der Waals surface area (Å²) in [6.45, 7) is 11.9. The van der Waals surface area contributed by atoms with Gasteiger partial charge in [-0.25, -0.2) is 0 Å².